The molecule has 0 saturated carbocycles. The van der Waals surface area contributed by atoms with E-state index < -0.39 is 0 Å². The molecule has 1 aromatic rings. The van der Waals surface area contributed by atoms with Crippen LogP contribution in [-0.2, 0) is 13.2 Å². The number of rotatable bonds is 2. The molecule has 0 amide bonds. The van der Waals surface area contributed by atoms with Gasteiger partial charge in [0.05, 0.1) is 13.2 Å². The number of pyridine rings is 1. The summed E-state index contributed by atoms with van der Waals surface area (Å²) in [6.45, 7) is 3.36. The summed E-state index contributed by atoms with van der Waals surface area (Å²) in [7, 11) is 0. The summed E-state index contributed by atoms with van der Waals surface area (Å²) >= 11 is 5.80. The Balaban J connectivity index is 3.41. The Morgan fingerprint density at radius 2 is 1.69 bits per heavy atom. The van der Waals surface area contributed by atoms with Crippen molar-refractivity contribution in [2.75, 3.05) is 0 Å². The normalized spacial score (nSPS) is 10.5. The van der Waals surface area contributed by atoms with Crippen molar-refractivity contribution >= 4 is 11.6 Å². The first kappa shape index (κ1) is 10.4. The molecule has 2 N–H and O–H groups in total. The number of aryl methyl sites for hydroxylation is 1. The van der Waals surface area contributed by atoms with E-state index in [9.17, 15) is 0 Å². The van der Waals surface area contributed by atoms with Crippen LogP contribution in [0.5, 0.6) is 0 Å². The SMILES string of the molecule is Cc1nc(Cl)c(CO)c(CO)c1C. The molecule has 1 rings (SSSR count). The first-order valence-electron chi connectivity index (χ1n) is 3.98. The molecule has 0 aromatic carbocycles. The zero-order valence-electron chi connectivity index (χ0n) is 7.63. The van der Waals surface area contributed by atoms with Gasteiger partial charge in [0.15, 0.2) is 0 Å². The minimum absolute atomic E-state index is 0.120. The number of hydrogen-bond acceptors (Lipinski definition) is 3. The molecule has 1 heterocycles. The van der Waals surface area contributed by atoms with Gasteiger partial charge < -0.3 is 10.2 Å². The van der Waals surface area contributed by atoms with Gasteiger partial charge in [0.1, 0.15) is 5.15 Å². The van der Waals surface area contributed by atoms with Gasteiger partial charge in [-0.1, -0.05) is 11.6 Å². The Kier molecular flexibility index (Phi) is 3.25. The molecule has 0 aliphatic rings. The van der Waals surface area contributed by atoms with Crippen LogP contribution in [0.2, 0.25) is 5.15 Å². The molecule has 0 spiro atoms. The first-order chi connectivity index (χ1) is 6.11. The molecule has 13 heavy (non-hydrogen) atoms. The van der Waals surface area contributed by atoms with E-state index in [0.717, 1.165) is 11.3 Å². The summed E-state index contributed by atoms with van der Waals surface area (Å²) in [6.07, 6.45) is 0. The van der Waals surface area contributed by atoms with E-state index in [1.165, 1.54) is 0 Å². The van der Waals surface area contributed by atoms with E-state index in [0.29, 0.717) is 11.1 Å². The summed E-state index contributed by atoms with van der Waals surface area (Å²) in [6, 6.07) is 0. The van der Waals surface area contributed by atoms with Gasteiger partial charge in [-0.2, -0.15) is 0 Å². The van der Waals surface area contributed by atoms with Crippen LogP contribution in [0.15, 0.2) is 0 Å². The minimum atomic E-state index is -0.192. The van der Waals surface area contributed by atoms with E-state index in [-0.39, 0.29) is 18.4 Å². The molecule has 0 aliphatic carbocycles. The van der Waals surface area contributed by atoms with Gasteiger partial charge in [-0.15, -0.1) is 0 Å². The number of hydrogen-bond donors (Lipinski definition) is 2. The van der Waals surface area contributed by atoms with Crippen LogP contribution >= 0.6 is 11.6 Å². The number of aromatic nitrogens is 1. The molecule has 0 unspecified atom stereocenters. The maximum Gasteiger partial charge on any atom is 0.135 e. The fraction of sp³-hybridized carbons (Fsp3) is 0.444. The Labute approximate surface area is 82.0 Å². The zero-order chi connectivity index (χ0) is 10.0. The van der Waals surface area contributed by atoms with Crippen molar-refractivity contribution in [3.8, 4) is 0 Å². The fourth-order valence-corrected chi connectivity index (χ4v) is 1.54. The third kappa shape index (κ3) is 1.82. The number of halogens is 1. The molecular weight excluding hydrogens is 190 g/mol. The Hall–Kier alpha value is -0.640. The van der Waals surface area contributed by atoms with E-state index >= 15 is 0 Å². The number of nitrogens with zero attached hydrogens (tertiary/aromatic N) is 1. The highest BCUT2D eigenvalue weighted by molar-refractivity contribution is 6.30. The second kappa shape index (κ2) is 4.05. The van der Waals surface area contributed by atoms with Gasteiger partial charge >= 0.3 is 0 Å². The van der Waals surface area contributed by atoms with Crippen molar-refractivity contribution < 1.29 is 10.2 Å². The Morgan fingerprint density at radius 3 is 2.15 bits per heavy atom. The maximum absolute atomic E-state index is 9.08. The molecule has 0 fully saturated rings. The highest BCUT2D eigenvalue weighted by Gasteiger charge is 2.12. The average molecular weight is 202 g/mol. The van der Waals surface area contributed by atoms with Crippen molar-refractivity contribution in [3.63, 3.8) is 0 Å². The molecule has 0 bridgehead atoms. The van der Waals surface area contributed by atoms with E-state index in [1.54, 1.807) is 0 Å². The molecule has 3 nitrogen and oxygen atoms in total. The summed E-state index contributed by atoms with van der Waals surface area (Å²) < 4.78 is 0. The second-order valence-corrected chi connectivity index (χ2v) is 3.24. The molecule has 0 radical (unpaired) electrons. The third-order valence-electron chi connectivity index (χ3n) is 2.19. The van der Waals surface area contributed by atoms with Crippen molar-refractivity contribution in [2.45, 2.75) is 27.1 Å². The molecule has 4 heteroatoms. The topological polar surface area (TPSA) is 53.4 Å². The summed E-state index contributed by atoms with van der Waals surface area (Å²) in [5, 5.41) is 18.4. The predicted molar refractivity (Wildman–Crippen MR) is 50.6 cm³/mol. The van der Waals surface area contributed by atoms with Crippen LogP contribution < -0.4 is 0 Å². The lowest BCUT2D eigenvalue weighted by Crippen LogP contribution is -2.03. The van der Waals surface area contributed by atoms with Crippen LogP contribution in [0.25, 0.3) is 0 Å². The monoisotopic (exact) mass is 201 g/mol. The second-order valence-electron chi connectivity index (χ2n) is 2.89. The van der Waals surface area contributed by atoms with Crippen molar-refractivity contribution in [3.05, 3.63) is 27.5 Å². The van der Waals surface area contributed by atoms with Crippen molar-refractivity contribution in [1.82, 2.24) is 4.98 Å². The Bertz CT molecular complexity index is 326. The average Bonchev–Trinajstić information content (AvgIpc) is 2.10. The molecule has 1 aromatic heterocycles. The van der Waals surface area contributed by atoms with Crippen LogP contribution in [0.4, 0.5) is 0 Å². The third-order valence-corrected chi connectivity index (χ3v) is 2.50. The van der Waals surface area contributed by atoms with Gasteiger partial charge in [-0.25, -0.2) is 4.98 Å². The van der Waals surface area contributed by atoms with Gasteiger partial charge in [-0.05, 0) is 25.0 Å². The smallest absolute Gasteiger partial charge is 0.135 e. The summed E-state index contributed by atoms with van der Waals surface area (Å²) in [5.41, 5.74) is 2.87. The zero-order valence-corrected chi connectivity index (χ0v) is 8.39. The summed E-state index contributed by atoms with van der Waals surface area (Å²) in [5.74, 6) is 0. The lowest BCUT2D eigenvalue weighted by atomic mass is 10.0. The quantitative estimate of drug-likeness (QED) is 0.710. The van der Waals surface area contributed by atoms with Crippen LogP contribution in [-0.4, -0.2) is 15.2 Å². The molecular formula is C9H12ClNO2. The Morgan fingerprint density at radius 1 is 1.15 bits per heavy atom. The van der Waals surface area contributed by atoms with E-state index in [1.807, 2.05) is 13.8 Å². The minimum Gasteiger partial charge on any atom is -0.392 e. The van der Waals surface area contributed by atoms with Crippen LogP contribution in [0.3, 0.4) is 0 Å². The maximum atomic E-state index is 9.08. The highest BCUT2D eigenvalue weighted by Crippen LogP contribution is 2.23. The standard InChI is InChI=1S/C9H12ClNO2/c1-5-6(2)11-9(10)8(4-13)7(5)3-12/h12-13H,3-4H2,1-2H3. The summed E-state index contributed by atoms with van der Waals surface area (Å²) in [4.78, 5) is 4.05. The van der Waals surface area contributed by atoms with Gasteiger partial charge in [0.25, 0.3) is 0 Å². The first-order valence-corrected chi connectivity index (χ1v) is 4.35. The predicted octanol–water partition coefficient (Wildman–Crippen LogP) is 1.34. The van der Waals surface area contributed by atoms with Gasteiger partial charge in [0.2, 0.25) is 0 Å². The van der Waals surface area contributed by atoms with Gasteiger partial charge in [-0.3, -0.25) is 0 Å². The lowest BCUT2D eigenvalue weighted by Gasteiger charge is -2.11. The van der Waals surface area contributed by atoms with Crippen LogP contribution in [0.1, 0.15) is 22.4 Å². The van der Waals surface area contributed by atoms with E-state index in [4.69, 9.17) is 21.8 Å². The lowest BCUT2D eigenvalue weighted by molar-refractivity contribution is 0.258. The largest absolute Gasteiger partial charge is 0.392 e. The molecule has 0 aliphatic heterocycles. The van der Waals surface area contributed by atoms with Crippen molar-refractivity contribution in [1.29, 1.82) is 0 Å². The van der Waals surface area contributed by atoms with Crippen molar-refractivity contribution in [2.24, 2.45) is 0 Å². The van der Waals surface area contributed by atoms with Gasteiger partial charge in [0, 0.05) is 11.3 Å². The van der Waals surface area contributed by atoms with Crippen LogP contribution in [0, 0.1) is 13.8 Å². The molecule has 72 valence electrons. The molecule has 0 saturated heterocycles. The highest BCUT2D eigenvalue weighted by atomic mass is 35.5. The molecule has 0 atom stereocenters. The number of aliphatic hydroxyl groups is 2. The number of aliphatic hydroxyl groups excluding tert-OH is 2. The fourth-order valence-electron chi connectivity index (χ4n) is 1.24. The van der Waals surface area contributed by atoms with E-state index in [2.05, 4.69) is 4.98 Å².